The molecule has 4 aliphatic carbocycles. The van der Waals surface area contributed by atoms with Crippen molar-refractivity contribution in [1.29, 1.82) is 0 Å². The van der Waals surface area contributed by atoms with Crippen molar-refractivity contribution in [2.75, 3.05) is 0 Å². The van der Waals surface area contributed by atoms with E-state index in [9.17, 15) is 10.2 Å². The summed E-state index contributed by atoms with van der Waals surface area (Å²) < 4.78 is 0. The number of aliphatic hydroxyl groups is 2. The Kier molecular flexibility index (Phi) is 3.25. The second kappa shape index (κ2) is 4.71. The summed E-state index contributed by atoms with van der Waals surface area (Å²) in [5.74, 6) is 3.21. The molecule has 1 unspecified atom stereocenters. The zero-order chi connectivity index (χ0) is 14.8. The van der Waals surface area contributed by atoms with Crippen LogP contribution in [0.25, 0.3) is 0 Å². The van der Waals surface area contributed by atoms with Crippen LogP contribution in [0.3, 0.4) is 0 Å². The lowest BCUT2D eigenvalue weighted by Crippen LogP contribution is -2.54. The molecule has 21 heavy (non-hydrogen) atoms. The molecule has 2 nitrogen and oxygen atoms in total. The SMILES string of the molecule is C[C@]12CC[C@H]3[C@@H](CCC4C[C@H](O)CC[C@@]43C)[C@@H]1CC[C@@H]2O. The number of rotatable bonds is 0. The van der Waals surface area contributed by atoms with Crippen molar-refractivity contribution in [2.24, 2.45) is 34.5 Å². The van der Waals surface area contributed by atoms with E-state index < -0.39 is 0 Å². The first-order valence-corrected chi connectivity index (χ1v) is 9.31. The van der Waals surface area contributed by atoms with Crippen molar-refractivity contribution in [3.8, 4) is 0 Å². The van der Waals surface area contributed by atoms with Crippen molar-refractivity contribution in [2.45, 2.75) is 83.8 Å². The molecule has 4 saturated carbocycles. The monoisotopic (exact) mass is 292 g/mol. The van der Waals surface area contributed by atoms with Gasteiger partial charge in [-0.25, -0.2) is 0 Å². The first-order valence-electron chi connectivity index (χ1n) is 9.31. The third kappa shape index (κ3) is 1.91. The van der Waals surface area contributed by atoms with Gasteiger partial charge in [-0.2, -0.15) is 0 Å². The van der Waals surface area contributed by atoms with Crippen LogP contribution in [0, 0.1) is 34.5 Å². The minimum atomic E-state index is -0.0536. The predicted molar refractivity (Wildman–Crippen MR) is 83.7 cm³/mol. The minimum absolute atomic E-state index is 0.0400. The van der Waals surface area contributed by atoms with Crippen LogP contribution in [-0.4, -0.2) is 22.4 Å². The third-order valence-corrected chi connectivity index (χ3v) is 8.59. The lowest BCUT2D eigenvalue weighted by atomic mass is 9.45. The van der Waals surface area contributed by atoms with E-state index in [1.54, 1.807) is 0 Å². The maximum Gasteiger partial charge on any atom is 0.0596 e. The molecule has 0 aromatic heterocycles. The van der Waals surface area contributed by atoms with Gasteiger partial charge in [0.15, 0.2) is 0 Å². The molecule has 0 saturated heterocycles. The Hall–Kier alpha value is -0.0800. The molecule has 120 valence electrons. The van der Waals surface area contributed by atoms with Gasteiger partial charge in [0.1, 0.15) is 0 Å². The average Bonchev–Trinajstić information content (AvgIpc) is 2.76. The topological polar surface area (TPSA) is 40.5 Å². The summed E-state index contributed by atoms with van der Waals surface area (Å²) in [5.41, 5.74) is 0.676. The van der Waals surface area contributed by atoms with Crippen molar-refractivity contribution >= 4 is 0 Å². The highest BCUT2D eigenvalue weighted by molar-refractivity contribution is 5.09. The van der Waals surface area contributed by atoms with Crippen LogP contribution in [0.2, 0.25) is 0 Å². The zero-order valence-corrected chi connectivity index (χ0v) is 13.7. The summed E-state index contributed by atoms with van der Waals surface area (Å²) >= 11 is 0. The standard InChI is InChI=1S/C19H32O2/c1-18-9-7-13(20)11-12(18)3-4-14-15-5-6-17(21)19(15,2)10-8-16(14)18/h12-17,20-21H,3-11H2,1-2H3/t12?,13-,14+,15+,16+,17+,18+,19+/m1/s1. The molecule has 0 aromatic rings. The molecule has 2 N–H and O–H groups in total. The van der Waals surface area contributed by atoms with Crippen molar-refractivity contribution in [1.82, 2.24) is 0 Å². The highest BCUT2D eigenvalue weighted by Gasteiger charge is 2.59. The largest absolute Gasteiger partial charge is 0.393 e. The Balaban J connectivity index is 1.62. The number of hydrogen-bond donors (Lipinski definition) is 2. The third-order valence-electron chi connectivity index (χ3n) is 8.59. The minimum Gasteiger partial charge on any atom is -0.393 e. The second-order valence-corrected chi connectivity index (χ2v) is 9.22. The summed E-state index contributed by atoms with van der Waals surface area (Å²) in [4.78, 5) is 0. The Morgan fingerprint density at radius 2 is 1.48 bits per heavy atom. The lowest BCUT2D eigenvalue weighted by molar-refractivity contribution is -0.133. The van der Waals surface area contributed by atoms with Gasteiger partial charge in [-0.1, -0.05) is 13.8 Å². The first kappa shape index (κ1) is 14.5. The summed E-state index contributed by atoms with van der Waals surface area (Å²) in [6, 6.07) is 0. The second-order valence-electron chi connectivity index (χ2n) is 9.22. The molecule has 0 spiro atoms. The molecule has 4 aliphatic rings. The highest BCUT2D eigenvalue weighted by Crippen LogP contribution is 2.66. The van der Waals surface area contributed by atoms with Crippen molar-refractivity contribution in [3.63, 3.8) is 0 Å². The Morgan fingerprint density at radius 3 is 2.29 bits per heavy atom. The van der Waals surface area contributed by atoms with Crippen LogP contribution in [-0.2, 0) is 0 Å². The quantitative estimate of drug-likeness (QED) is 0.714. The molecule has 8 atom stereocenters. The smallest absolute Gasteiger partial charge is 0.0596 e. The Bertz CT molecular complexity index is 422. The maximum absolute atomic E-state index is 10.5. The van der Waals surface area contributed by atoms with E-state index >= 15 is 0 Å². The molecule has 0 radical (unpaired) electrons. The van der Waals surface area contributed by atoms with Crippen molar-refractivity contribution < 1.29 is 10.2 Å². The van der Waals surface area contributed by atoms with Gasteiger partial charge < -0.3 is 10.2 Å². The van der Waals surface area contributed by atoms with Gasteiger partial charge >= 0.3 is 0 Å². The molecule has 4 rings (SSSR count). The molecule has 0 aromatic carbocycles. The van der Waals surface area contributed by atoms with Crippen LogP contribution < -0.4 is 0 Å². The molecule has 0 amide bonds. The highest BCUT2D eigenvalue weighted by atomic mass is 16.3. The van der Waals surface area contributed by atoms with Gasteiger partial charge in [-0.15, -0.1) is 0 Å². The maximum atomic E-state index is 10.5. The average molecular weight is 292 g/mol. The van der Waals surface area contributed by atoms with E-state index in [4.69, 9.17) is 0 Å². The normalized spacial score (nSPS) is 60.0. The van der Waals surface area contributed by atoms with E-state index in [0.29, 0.717) is 5.41 Å². The summed E-state index contributed by atoms with van der Waals surface area (Å²) in [6.45, 7) is 4.90. The summed E-state index contributed by atoms with van der Waals surface area (Å²) in [6.07, 6.45) is 10.7. The summed E-state index contributed by atoms with van der Waals surface area (Å²) in [7, 11) is 0. The van der Waals surface area contributed by atoms with Gasteiger partial charge in [0.25, 0.3) is 0 Å². The van der Waals surface area contributed by atoms with E-state index in [0.717, 1.165) is 42.9 Å². The molecule has 0 aliphatic heterocycles. The zero-order valence-electron chi connectivity index (χ0n) is 13.7. The van der Waals surface area contributed by atoms with Gasteiger partial charge in [0, 0.05) is 0 Å². The Morgan fingerprint density at radius 1 is 0.762 bits per heavy atom. The molecular weight excluding hydrogens is 260 g/mol. The van der Waals surface area contributed by atoms with E-state index in [-0.39, 0.29) is 17.6 Å². The molecule has 2 heteroatoms. The van der Waals surface area contributed by atoms with E-state index in [1.807, 2.05) is 0 Å². The Labute approximate surface area is 129 Å². The summed E-state index contributed by atoms with van der Waals surface area (Å²) in [5, 5.41) is 20.5. The van der Waals surface area contributed by atoms with Gasteiger partial charge in [0.05, 0.1) is 12.2 Å². The fraction of sp³-hybridized carbons (Fsp3) is 1.00. The van der Waals surface area contributed by atoms with E-state index in [2.05, 4.69) is 13.8 Å². The van der Waals surface area contributed by atoms with Crippen molar-refractivity contribution in [3.05, 3.63) is 0 Å². The molecule has 0 bridgehead atoms. The predicted octanol–water partition coefficient (Wildman–Crippen LogP) is 3.75. The van der Waals surface area contributed by atoms with Crippen LogP contribution in [0.5, 0.6) is 0 Å². The van der Waals surface area contributed by atoms with Gasteiger partial charge in [-0.05, 0) is 92.3 Å². The van der Waals surface area contributed by atoms with Crippen LogP contribution >= 0.6 is 0 Å². The lowest BCUT2D eigenvalue weighted by Gasteiger charge is -2.60. The van der Waals surface area contributed by atoms with E-state index in [1.165, 1.54) is 38.5 Å². The number of fused-ring (bicyclic) bond motifs is 5. The molecular formula is C19H32O2. The fourth-order valence-corrected chi connectivity index (χ4v) is 7.21. The molecule has 0 heterocycles. The van der Waals surface area contributed by atoms with Crippen LogP contribution in [0.15, 0.2) is 0 Å². The number of hydrogen-bond acceptors (Lipinski definition) is 2. The first-order chi connectivity index (χ1) is 9.95. The van der Waals surface area contributed by atoms with Crippen LogP contribution in [0.1, 0.15) is 71.6 Å². The van der Waals surface area contributed by atoms with Crippen LogP contribution in [0.4, 0.5) is 0 Å². The fourth-order valence-electron chi connectivity index (χ4n) is 7.21. The number of aliphatic hydroxyl groups excluding tert-OH is 2. The van der Waals surface area contributed by atoms with Gasteiger partial charge in [-0.3, -0.25) is 0 Å². The molecule has 4 fully saturated rings. The van der Waals surface area contributed by atoms with Gasteiger partial charge in [0.2, 0.25) is 0 Å².